The Balaban J connectivity index is 1.86. The second-order valence-corrected chi connectivity index (χ2v) is 8.02. The minimum Gasteiger partial charge on any atom is -0.507 e. The molecule has 35 heavy (non-hydrogen) atoms. The second kappa shape index (κ2) is 9.42. The van der Waals surface area contributed by atoms with Gasteiger partial charge in [-0.15, -0.1) is 6.58 Å². The quantitative estimate of drug-likeness (QED) is 0.354. The summed E-state index contributed by atoms with van der Waals surface area (Å²) in [4.78, 5) is 25.3. The van der Waals surface area contributed by atoms with Crippen molar-refractivity contribution in [2.24, 2.45) is 0 Å². The first-order chi connectivity index (χ1) is 16.8. The number of allylic oxidation sites excluding steroid dienone is 1. The SMILES string of the molecule is C=CC(c1ccc(O)c(OC)c1)c1c(O)cc2c(c1O)C(=O)[C@H](OC(C)=O)[C@@H](c1ccccc1)O2. The van der Waals surface area contributed by atoms with Gasteiger partial charge in [-0.1, -0.05) is 42.5 Å². The number of phenols is 3. The highest BCUT2D eigenvalue weighted by Crippen LogP contribution is 2.49. The number of esters is 1. The maximum Gasteiger partial charge on any atom is 0.303 e. The van der Waals surface area contributed by atoms with E-state index in [9.17, 15) is 24.9 Å². The molecular formula is C27H24O8. The van der Waals surface area contributed by atoms with E-state index in [1.807, 2.05) is 0 Å². The monoisotopic (exact) mass is 476 g/mol. The van der Waals surface area contributed by atoms with E-state index < -0.39 is 35.6 Å². The lowest BCUT2D eigenvalue weighted by molar-refractivity contribution is -0.148. The third-order valence-electron chi connectivity index (χ3n) is 5.85. The molecule has 0 fully saturated rings. The third-order valence-corrected chi connectivity index (χ3v) is 5.85. The molecule has 0 spiro atoms. The van der Waals surface area contributed by atoms with Gasteiger partial charge in [0.15, 0.2) is 17.6 Å². The maximum atomic E-state index is 13.5. The summed E-state index contributed by atoms with van der Waals surface area (Å²) in [5, 5.41) is 32.0. The molecule has 1 heterocycles. The van der Waals surface area contributed by atoms with E-state index in [0.717, 1.165) is 0 Å². The molecule has 4 rings (SSSR count). The summed E-state index contributed by atoms with van der Waals surface area (Å²) in [6, 6.07) is 14.5. The Kier molecular flexibility index (Phi) is 6.38. The van der Waals surface area contributed by atoms with Crippen LogP contribution in [0.2, 0.25) is 0 Å². The zero-order valence-corrected chi connectivity index (χ0v) is 19.1. The number of ether oxygens (including phenoxy) is 3. The average molecular weight is 476 g/mol. The molecule has 0 radical (unpaired) electrons. The standard InChI is InChI=1S/C27H24O8/c1-4-17(16-10-11-18(29)20(12-16)33-3)22-19(30)13-21-23(24(22)31)25(32)27(34-14(2)28)26(35-21)15-8-6-5-7-9-15/h4-13,17,26-27,29-31H,1H2,2-3H3/t17?,26-,27+/m1/s1. The van der Waals surface area contributed by atoms with Gasteiger partial charge in [-0.25, -0.2) is 0 Å². The lowest BCUT2D eigenvalue weighted by atomic mass is 9.85. The van der Waals surface area contributed by atoms with Gasteiger partial charge in [-0.05, 0) is 23.3 Å². The highest BCUT2D eigenvalue weighted by molar-refractivity contribution is 6.07. The van der Waals surface area contributed by atoms with Crippen LogP contribution in [0.5, 0.6) is 28.7 Å². The first-order valence-corrected chi connectivity index (χ1v) is 10.8. The largest absolute Gasteiger partial charge is 0.507 e. The van der Waals surface area contributed by atoms with E-state index in [2.05, 4.69) is 6.58 Å². The lowest BCUT2D eigenvalue weighted by Gasteiger charge is -2.33. The fourth-order valence-electron chi connectivity index (χ4n) is 4.25. The molecule has 0 aromatic heterocycles. The third kappa shape index (κ3) is 4.26. The highest BCUT2D eigenvalue weighted by atomic mass is 16.6. The predicted molar refractivity (Wildman–Crippen MR) is 126 cm³/mol. The van der Waals surface area contributed by atoms with Crippen LogP contribution in [0.25, 0.3) is 0 Å². The Morgan fingerprint density at radius 2 is 1.80 bits per heavy atom. The van der Waals surface area contributed by atoms with Crippen LogP contribution in [0.4, 0.5) is 0 Å². The van der Waals surface area contributed by atoms with Crippen LogP contribution in [0.1, 0.15) is 46.0 Å². The summed E-state index contributed by atoms with van der Waals surface area (Å²) in [5.41, 5.74) is 0.904. The molecule has 3 aromatic rings. The smallest absolute Gasteiger partial charge is 0.303 e. The first kappa shape index (κ1) is 23.7. The number of rotatable bonds is 6. The number of hydrogen-bond donors (Lipinski definition) is 3. The molecule has 8 nitrogen and oxygen atoms in total. The van der Waals surface area contributed by atoms with Gasteiger partial charge in [0.2, 0.25) is 11.9 Å². The van der Waals surface area contributed by atoms with Crippen LogP contribution >= 0.6 is 0 Å². The van der Waals surface area contributed by atoms with Crippen molar-refractivity contribution in [3.05, 3.63) is 89.5 Å². The van der Waals surface area contributed by atoms with E-state index in [4.69, 9.17) is 14.2 Å². The van der Waals surface area contributed by atoms with Crippen molar-refractivity contribution in [3.8, 4) is 28.7 Å². The number of fused-ring (bicyclic) bond motifs is 1. The van der Waals surface area contributed by atoms with Crippen LogP contribution in [0.3, 0.4) is 0 Å². The number of Topliss-reactive ketones (excluding diaryl/α,β-unsaturated/α-hetero) is 1. The van der Waals surface area contributed by atoms with Gasteiger partial charge in [0.05, 0.1) is 7.11 Å². The van der Waals surface area contributed by atoms with E-state index >= 15 is 0 Å². The molecule has 8 heteroatoms. The average Bonchev–Trinajstić information content (AvgIpc) is 2.84. The highest BCUT2D eigenvalue weighted by Gasteiger charge is 2.44. The van der Waals surface area contributed by atoms with Crippen LogP contribution in [0.15, 0.2) is 67.3 Å². The van der Waals surface area contributed by atoms with E-state index in [0.29, 0.717) is 11.1 Å². The Bertz CT molecular complexity index is 1300. The van der Waals surface area contributed by atoms with Gasteiger partial charge in [-0.2, -0.15) is 0 Å². The lowest BCUT2D eigenvalue weighted by Crippen LogP contribution is -2.39. The summed E-state index contributed by atoms with van der Waals surface area (Å²) in [5.74, 6) is -2.92. The van der Waals surface area contributed by atoms with E-state index in [1.165, 1.54) is 38.3 Å². The van der Waals surface area contributed by atoms with Gasteiger partial charge in [0, 0.05) is 24.5 Å². The van der Waals surface area contributed by atoms with Gasteiger partial charge >= 0.3 is 5.97 Å². The molecule has 0 aliphatic carbocycles. The molecule has 180 valence electrons. The van der Waals surface area contributed by atoms with Crippen molar-refractivity contribution in [2.45, 2.75) is 25.0 Å². The van der Waals surface area contributed by atoms with Crippen LogP contribution in [0, 0.1) is 0 Å². The number of aromatic hydroxyl groups is 3. The number of carbonyl (C=O) groups is 2. The fraction of sp³-hybridized carbons (Fsp3) is 0.185. The first-order valence-electron chi connectivity index (χ1n) is 10.8. The van der Waals surface area contributed by atoms with Crippen LogP contribution in [-0.4, -0.2) is 40.3 Å². The van der Waals surface area contributed by atoms with Gasteiger partial charge < -0.3 is 29.5 Å². The number of ketones is 1. The molecule has 3 N–H and O–H groups in total. The Hall–Kier alpha value is -4.46. The second-order valence-electron chi connectivity index (χ2n) is 8.02. The number of methoxy groups -OCH3 is 1. The molecule has 0 bridgehead atoms. The number of benzene rings is 3. The summed E-state index contributed by atoms with van der Waals surface area (Å²) in [6.07, 6.45) is -0.847. The van der Waals surface area contributed by atoms with Crippen LogP contribution < -0.4 is 9.47 Å². The number of carbonyl (C=O) groups excluding carboxylic acids is 2. The summed E-state index contributed by atoms with van der Waals surface area (Å²) >= 11 is 0. The summed E-state index contributed by atoms with van der Waals surface area (Å²) in [6.45, 7) is 4.98. The van der Waals surface area contributed by atoms with Crippen LogP contribution in [-0.2, 0) is 9.53 Å². The van der Waals surface area contributed by atoms with Crippen molar-refractivity contribution < 1.29 is 39.1 Å². The minimum absolute atomic E-state index is 0.00294. The van der Waals surface area contributed by atoms with Crippen molar-refractivity contribution in [3.63, 3.8) is 0 Å². The minimum atomic E-state index is -1.35. The fourth-order valence-corrected chi connectivity index (χ4v) is 4.25. The summed E-state index contributed by atoms with van der Waals surface area (Å²) in [7, 11) is 1.39. The van der Waals surface area contributed by atoms with Gasteiger partial charge in [0.25, 0.3) is 0 Å². The normalized spacial score (nSPS) is 17.6. The van der Waals surface area contributed by atoms with E-state index in [1.54, 1.807) is 36.4 Å². The topological polar surface area (TPSA) is 123 Å². The molecule has 1 unspecified atom stereocenters. The Morgan fingerprint density at radius 3 is 2.43 bits per heavy atom. The Labute approximate surface area is 201 Å². The molecule has 1 aliphatic rings. The van der Waals surface area contributed by atoms with E-state index in [-0.39, 0.29) is 34.1 Å². The number of phenolic OH excluding ortho intramolecular Hbond substituents is 3. The number of hydrogen-bond acceptors (Lipinski definition) is 8. The summed E-state index contributed by atoms with van der Waals surface area (Å²) < 4.78 is 16.5. The molecule has 0 saturated heterocycles. The Morgan fingerprint density at radius 1 is 1.09 bits per heavy atom. The van der Waals surface area contributed by atoms with Crippen molar-refractivity contribution in [2.75, 3.05) is 7.11 Å². The van der Waals surface area contributed by atoms with Crippen molar-refractivity contribution >= 4 is 11.8 Å². The van der Waals surface area contributed by atoms with Gasteiger partial charge in [0.1, 0.15) is 22.8 Å². The van der Waals surface area contributed by atoms with Gasteiger partial charge in [-0.3, -0.25) is 9.59 Å². The zero-order valence-electron chi connectivity index (χ0n) is 19.1. The van der Waals surface area contributed by atoms with Crippen molar-refractivity contribution in [1.82, 2.24) is 0 Å². The molecule has 0 amide bonds. The molecule has 3 aromatic carbocycles. The zero-order chi connectivity index (χ0) is 25.3. The molecule has 0 saturated carbocycles. The molecule has 1 aliphatic heterocycles. The molecule has 3 atom stereocenters. The maximum absolute atomic E-state index is 13.5. The van der Waals surface area contributed by atoms with Crippen molar-refractivity contribution in [1.29, 1.82) is 0 Å². The predicted octanol–water partition coefficient (Wildman–Crippen LogP) is 4.38. The molecular weight excluding hydrogens is 452 g/mol.